The molecule has 6 nitrogen and oxygen atoms in total. The van der Waals surface area contributed by atoms with Gasteiger partial charge in [0, 0.05) is 0 Å². The molecule has 0 saturated heterocycles. The molecule has 5 rings (SSSR count). The predicted octanol–water partition coefficient (Wildman–Crippen LogP) is 3.75. The lowest BCUT2D eigenvalue weighted by Crippen LogP contribution is -2.19. The number of aryl methyl sites for hydroxylation is 2. The summed E-state index contributed by atoms with van der Waals surface area (Å²) in [5, 5.41) is 11.9. The Morgan fingerprint density at radius 3 is 2.11 bits per heavy atom. The molecule has 6 heteroatoms. The quantitative estimate of drug-likeness (QED) is 0.509. The molecule has 0 radical (unpaired) electrons. The van der Waals surface area contributed by atoms with Gasteiger partial charge in [0.2, 0.25) is 0 Å². The van der Waals surface area contributed by atoms with Crippen molar-refractivity contribution in [1.29, 1.82) is 0 Å². The Bertz CT molecular complexity index is 1390. The molecular weight excluding hydrogens is 360 g/mol. The van der Waals surface area contributed by atoms with Gasteiger partial charge in [-0.3, -0.25) is 0 Å². The summed E-state index contributed by atoms with van der Waals surface area (Å²) >= 11 is 0. The van der Waals surface area contributed by atoms with Gasteiger partial charge in [-0.25, -0.2) is 9.59 Å². The van der Waals surface area contributed by atoms with Crippen molar-refractivity contribution in [3.05, 3.63) is 79.5 Å². The third-order valence-corrected chi connectivity index (χ3v) is 5.21. The van der Waals surface area contributed by atoms with Crippen molar-refractivity contribution >= 4 is 21.9 Å². The molecule has 0 aliphatic carbocycles. The zero-order valence-electron chi connectivity index (χ0n) is 15.2. The molecule has 4 aromatic rings. The molecule has 28 heavy (non-hydrogen) atoms. The average Bonchev–Trinajstić information content (AvgIpc) is 3.09. The SMILES string of the molecule is Cc1ccc2oc(=O)c(C3COc4c3c(=O)oc3ccc(C)cc43)c(O)c2c1. The van der Waals surface area contributed by atoms with Crippen LogP contribution >= 0.6 is 0 Å². The van der Waals surface area contributed by atoms with E-state index in [1.165, 1.54) is 0 Å². The number of benzene rings is 2. The second-order valence-electron chi connectivity index (χ2n) is 7.15. The third kappa shape index (κ3) is 2.27. The molecule has 1 aliphatic rings. The summed E-state index contributed by atoms with van der Waals surface area (Å²) in [6.45, 7) is 3.85. The van der Waals surface area contributed by atoms with Crippen LogP contribution in [0.3, 0.4) is 0 Å². The topological polar surface area (TPSA) is 89.9 Å². The van der Waals surface area contributed by atoms with Crippen LogP contribution in [0.1, 0.15) is 28.2 Å². The van der Waals surface area contributed by atoms with Crippen LogP contribution in [0.25, 0.3) is 21.9 Å². The van der Waals surface area contributed by atoms with Crippen LogP contribution in [0.2, 0.25) is 0 Å². The van der Waals surface area contributed by atoms with Gasteiger partial charge < -0.3 is 18.7 Å². The normalized spacial score (nSPS) is 15.7. The lowest BCUT2D eigenvalue weighted by molar-refractivity contribution is 0.339. The molecule has 2 aromatic heterocycles. The molecule has 0 spiro atoms. The maximum atomic E-state index is 12.7. The number of aromatic hydroxyl groups is 1. The van der Waals surface area contributed by atoms with Gasteiger partial charge >= 0.3 is 11.3 Å². The van der Waals surface area contributed by atoms with E-state index in [2.05, 4.69) is 0 Å². The van der Waals surface area contributed by atoms with Gasteiger partial charge in [-0.15, -0.1) is 0 Å². The Labute approximate surface area is 158 Å². The number of fused-ring (bicyclic) bond motifs is 4. The highest BCUT2D eigenvalue weighted by molar-refractivity contribution is 5.88. The molecule has 0 bridgehead atoms. The standard InChI is InChI=1S/C22H16O6/c1-10-3-5-15-12(7-10)19(23)17(21(24)27-15)14-9-26-20-13-8-11(2)4-6-16(13)28-22(25)18(14)20/h3-8,14,23H,9H2,1-2H3. The Balaban J connectivity index is 1.81. The van der Waals surface area contributed by atoms with Gasteiger partial charge in [-0.05, 0) is 38.1 Å². The highest BCUT2D eigenvalue weighted by Gasteiger charge is 2.36. The molecule has 0 amide bonds. The van der Waals surface area contributed by atoms with Crippen molar-refractivity contribution in [2.45, 2.75) is 19.8 Å². The Hall–Kier alpha value is -3.54. The monoisotopic (exact) mass is 376 g/mol. The minimum absolute atomic E-state index is 0.0103. The number of hydrogen-bond donors (Lipinski definition) is 1. The fourth-order valence-corrected chi connectivity index (χ4v) is 3.86. The molecule has 140 valence electrons. The van der Waals surface area contributed by atoms with E-state index in [0.717, 1.165) is 11.1 Å². The second kappa shape index (κ2) is 5.73. The fourth-order valence-electron chi connectivity index (χ4n) is 3.86. The van der Waals surface area contributed by atoms with Crippen LogP contribution < -0.4 is 16.0 Å². The van der Waals surface area contributed by atoms with Crippen LogP contribution in [0, 0.1) is 13.8 Å². The Morgan fingerprint density at radius 2 is 1.43 bits per heavy atom. The fraction of sp³-hybridized carbons (Fsp3) is 0.182. The van der Waals surface area contributed by atoms with Crippen LogP contribution in [0.5, 0.6) is 11.5 Å². The molecule has 1 aliphatic heterocycles. The first kappa shape index (κ1) is 16.6. The van der Waals surface area contributed by atoms with E-state index in [1.807, 2.05) is 26.0 Å². The van der Waals surface area contributed by atoms with Crippen LogP contribution in [-0.4, -0.2) is 11.7 Å². The first-order valence-corrected chi connectivity index (χ1v) is 8.90. The smallest absolute Gasteiger partial charge is 0.344 e. The van der Waals surface area contributed by atoms with Gasteiger partial charge in [0.25, 0.3) is 0 Å². The summed E-state index contributed by atoms with van der Waals surface area (Å²) < 4.78 is 16.7. The van der Waals surface area contributed by atoms with Crippen LogP contribution in [0.15, 0.2) is 54.8 Å². The lowest BCUT2D eigenvalue weighted by Gasteiger charge is -2.11. The molecule has 1 unspecified atom stereocenters. The predicted molar refractivity (Wildman–Crippen MR) is 103 cm³/mol. The van der Waals surface area contributed by atoms with E-state index in [4.69, 9.17) is 13.6 Å². The lowest BCUT2D eigenvalue weighted by atomic mass is 9.93. The largest absolute Gasteiger partial charge is 0.507 e. The summed E-state index contributed by atoms with van der Waals surface area (Å²) in [5.41, 5.74) is 1.56. The van der Waals surface area contributed by atoms with Gasteiger partial charge in [0.1, 0.15) is 22.7 Å². The first-order chi connectivity index (χ1) is 13.4. The van der Waals surface area contributed by atoms with Gasteiger partial charge in [-0.1, -0.05) is 23.3 Å². The summed E-state index contributed by atoms with van der Waals surface area (Å²) in [5.74, 6) is -0.569. The first-order valence-electron chi connectivity index (χ1n) is 8.90. The second-order valence-corrected chi connectivity index (χ2v) is 7.15. The van der Waals surface area contributed by atoms with Crippen molar-refractivity contribution < 1.29 is 18.7 Å². The Morgan fingerprint density at radius 1 is 0.857 bits per heavy atom. The highest BCUT2D eigenvalue weighted by Crippen LogP contribution is 2.43. The van der Waals surface area contributed by atoms with E-state index >= 15 is 0 Å². The zero-order chi connectivity index (χ0) is 19.6. The van der Waals surface area contributed by atoms with Gasteiger partial charge in [-0.2, -0.15) is 0 Å². The van der Waals surface area contributed by atoms with E-state index in [9.17, 15) is 14.7 Å². The summed E-state index contributed by atoms with van der Waals surface area (Å²) in [4.78, 5) is 25.3. The molecular formula is C22H16O6. The third-order valence-electron chi connectivity index (χ3n) is 5.21. The molecule has 1 N–H and O–H groups in total. The highest BCUT2D eigenvalue weighted by atomic mass is 16.5. The van der Waals surface area contributed by atoms with Gasteiger partial charge in [0.15, 0.2) is 0 Å². The summed E-state index contributed by atoms with van der Waals surface area (Å²) in [7, 11) is 0. The van der Waals surface area contributed by atoms with Crippen molar-refractivity contribution in [2.75, 3.05) is 6.61 Å². The van der Waals surface area contributed by atoms with Crippen molar-refractivity contribution in [1.82, 2.24) is 0 Å². The number of hydrogen-bond acceptors (Lipinski definition) is 6. The van der Waals surface area contributed by atoms with Crippen molar-refractivity contribution in [2.24, 2.45) is 0 Å². The molecule has 0 saturated carbocycles. The van der Waals surface area contributed by atoms with E-state index in [1.54, 1.807) is 24.3 Å². The average molecular weight is 376 g/mol. The molecule has 0 fully saturated rings. The zero-order valence-corrected chi connectivity index (χ0v) is 15.2. The number of rotatable bonds is 1. The molecule has 2 aromatic carbocycles. The van der Waals surface area contributed by atoms with Crippen LogP contribution in [-0.2, 0) is 0 Å². The van der Waals surface area contributed by atoms with Crippen LogP contribution in [0.4, 0.5) is 0 Å². The van der Waals surface area contributed by atoms with E-state index in [-0.39, 0.29) is 29.1 Å². The number of ether oxygens (including phenoxy) is 1. The Kier molecular flexibility index (Phi) is 3.40. The maximum Gasteiger partial charge on any atom is 0.344 e. The minimum atomic E-state index is -0.766. The van der Waals surface area contributed by atoms with Gasteiger partial charge in [0.05, 0.1) is 34.4 Å². The van der Waals surface area contributed by atoms with Crippen molar-refractivity contribution in [3.8, 4) is 11.5 Å². The summed E-state index contributed by atoms with van der Waals surface area (Å²) in [6.07, 6.45) is 0. The van der Waals surface area contributed by atoms with Crippen molar-refractivity contribution in [3.63, 3.8) is 0 Å². The molecule has 3 heterocycles. The summed E-state index contributed by atoms with van der Waals surface area (Å²) in [6, 6.07) is 10.6. The maximum absolute atomic E-state index is 12.7. The van der Waals surface area contributed by atoms with E-state index in [0.29, 0.717) is 22.1 Å². The minimum Gasteiger partial charge on any atom is -0.507 e. The molecule has 1 atom stereocenters. The van der Waals surface area contributed by atoms with E-state index < -0.39 is 17.2 Å².